The molecule has 2 aromatic heterocycles. The zero-order chi connectivity index (χ0) is 12.5. The Morgan fingerprint density at radius 1 is 1.50 bits per heavy atom. The number of aryl methyl sites for hydroxylation is 1. The highest BCUT2D eigenvalue weighted by Gasteiger charge is 2.19. The van der Waals surface area contributed by atoms with Crippen molar-refractivity contribution < 1.29 is 0 Å². The third-order valence-corrected chi connectivity index (χ3v) is 3.53. The van der Waals surface area contributed by atoms with Crippen LogP contribution in [0.4, 0.5) is 5.95 Å². The molecule has 0 aromatic carbocycles. The normalized spacial score (nSPS) is 20.7. The first-order valence-electron chi connectivity index (χ1n) is 6.46. The van der Waals surface area contributed by atoms with E-state index in [1.165, 1.54) is 25.1 Å². The number of anilines is 1. The molecule has 0 saturated carbocycles. The summed E-state index contributed by atoms with van der Waals surface area (Å²) >= 11 is 0. The van der Waals surface area contributed by atoms with E-state index in [1.807, 2.05) is 22.8 Å². The second-order valence-electron chi connectivity index (χ2n) is 5.24. The minimum absolute atomic E-state index is 0.711. The second-order valence-corrected chi connectivity index (χ2v) is 5.24. The molecule has 18 heavy (non-hydrogen) atoms. The zero-order valence-electron chi connectivity index (χ0n) is 10.9. The summed E-state index contributed by atoms with van der Waals surface area (Å²) in [5, 5.41) is 7.76. The Balaban J connectivity index is 1.67. The van der Waals surface area contributed by atoms with Crippen LogP contribution in [0.15, 0.2) is 18.3 Å². The van der Waals surface area contributed by atoms with Gasteiger partial charge in [0.1, 0.15) is 0 Å². The highest BCUT2D eigenvalue weighted by molar-refractivity contribution is 5.45. The van der Waals surface area contributed by atoms with Gasteiger partial charge in [-0.05, 0) is 50.6 Å². The zero-order valence-corrected chi connectivity index (χ0v) is 10.9. The molecule has 1 atom stereocenters. The molecule has 2 aromatic rings. The standard InChI is InChI=1S/C13H19N5/c1-10-3-6-18-12(7-10)15-13(16-18)14-8-11-4-5-17(2)9-11/h3,6-7,11H,4-5,8-9H2,1-2H3,(H,14,16). The fourth-order valence-electron chi connectivity index (χ4n) is 2.49. The molecule has 1 N–H and O–H groups in total. The maximum absolute atomic E-state index is 4.48. The summed E-state index contributed by atoms with van der Waals surface area (Å²) < 4.78 is 1.82. The van der Waals surface area contributed by atoms with Gasteiger partial charge >= 0.3 is 0 Å². The summed E-state index contributed by atoms with van der Waals surface area (Å²) in [6.07, 6.45) is 3.21. The van der Waals surface area contributed by atoms with E-state index in [4.69, 9.17) is 0 Å². The van der Waals surface area contributed by atoms with Gasteiger partial charge in [0.2, 0.25) is 5.95 Å². The summed E-state index contributed by atoms with van der Waals surface area (Å²) in [4.78, 5) is 6.85. The summed E-state index contributed by atoms with van der Waals surface area (Å²) in [5.41, 5.74) is 2.11. The number of hydrogen-bond donors (Lipinski definition) is 1. The molecule has 0 spiro atoms. The van der Waals surface area contributed by atoms with E-state index in [0.29, 0.717) is 5.92 Å². The fourth-order valence-corrected chi connectivity index (χ4v) is 2.49. The van der Waals surface area contributed by atoms with Gasteiger partial charge in [-0.1, -0.05) is 0 Å². The first-order chi connectivity index (χ1) is 8.70. The largest absolute Gasteiger partial charge is 0.353 e. The molecule has 3 heterocycles. The first-order valence-corrected chi connectivity index (χ1v) is 6.46. The summed E-state index contributed by atoms with van der Waals surface area (Å²) in [6, 6.07) is 4.08. The number of hydrogen-bond acceptors (Lipinski definition) is 4. The average molecular weight is 245 g/mol. The van der Waals surface area contributed by atoms with E-state index >= 15 is 0 Å². The lowest BCUT2D eigenvalue weighted by atomic mass is 10.1. The van der Waals surface area contributed by atoms with Gasteiger partial charge < -0.3 is 10.2 Å². The first kappa shape index (κ1) is 11.5. The molecule has 0 amide bonds. The highest BCUT2D eigenvalue weighted by atomic mass is 15.3. The minimum atomic E-state index is 0.711. The number of nitrogens with zero attached hydrogens (tertiary/aromatic N) is 4. The topological polar surface area (TPSA) is 45.5 Å². The van der Waals surface area contributed by atoms with Gasteiger partial charge in [-0.3, -0.25) is 0 Å². The molecule has 0 aliphatic carbocycles. The molecule has 1 aliphatic rings. The minimum Gasteiger partial charge on any atom is -0.353 e. The van der Waals surface area contributed by atoms with Gasteiger partial charge in [-0.2, -0.15) is 4.98 Å². The predicted molar refractivity (Wildman–Crippen MR) is 71.8 cm³/mol. The molecule has 1 fully saturated rings. The molecular formula is C13H19N5. The van der Waals surface area contributed by atoms with Crippen molar-refractivity contribution in [2.24, 2.45) is 5.92 Å². The van der Waals surface area contributed by atoms with Crippen molar-refractivity contribution >= 4 is 11.6 Å². The average Bonchev–Trinajstić information content (AvgIpc) is 2.92. The monoisotopic (exact) mass is 245 g/mol. The highest BCUT2D eigenvalue weighted by Crippen LogP contribution is 2.15. The Kier molecular flexibility index (Phi) is 2.91. The van der Waals surface area contributed by atoms with Crippen molar-refractivity contribution in [3.05, 3.63) is 23.9 Å². The molecule has 3 rings (SSSR count). The maximum atomic E-state index is 4.48. The Labute approximate surface area is 107 Å². The predicted octanol–water partition coefficient (Wildman–Crippen LogP) is 1.40. The summed E-state index contributed by atoms with van der Waals surface area (Å²) in [7, 11) is 2.17. The number of aromatic nitrogens is 3. The van der Waals surface area contributed by atoms with Gasteiger partial charge in [0, 0.05) is 19.3 Å². The van der Waals surface area contributed by atoms with E-state index in [2.05, 4.69) is 34.3 Å². The Hall–Kier alpha value is -1.62. The van der Waals surface area contributed by atoms with E-state index in [9.17, 15) is 0 Å². The van der Waals surface area contributed by atoms with Crippen LogP contribution in [0.3, 0.4) is 0 Å². The molecule has 1 unspecified atom stereocenters. The van der Waals surface area contributed by atoms with Crippen LogP contribution >= 0.6 is 0 Å². The van der Waals surface area contributed by atoms with Crippen molar-refractivity contribution in [1.29, 1.82) is 0 Å². The van der Waals surface area contributed by atoms with Gasteiger partial charge in [-0.15, -0.1) is 5.10 Å². The van der Waals surface area contributed by atoms with Gasteiger partial charge in [0.15, 0.2) is 5.65 Å². The lowest BCUT2D eigenvalue weighted by molar-refractivity contribution is 0.399. The van der Waals surface area contributed by atoms with Gasteiger partial charge in [0.25, 0.3) is 0 Å². The van der Waals surface area contributed by atoms with Crippen LogP contribution in [0, 0.1) is 12.8 Å². The second kappa shape index (κ2) is 4.57. The molecule has 1 aliphatic heterocycles. The smallest absolute Gasteiger partial charge is 0.243 e. The van der Waals surface area contributed by atoms with E-state index < -0.39 is 0 Å². The SMILES string of the molecule is Cc1ccn2nc(NCC3CCN(C)C3)nc2c1. The Bertz CT molecular complexity index is 547. The van der Waals surface area contributed by atoms with E-state index in [0.717, 1.165) is 18.1 Å². The van der Waals surface area contributed by atoms with Crippen molar-refractivity contribution in [2.75, 3.05) is 32.0 Å². The van der Waals surface area contributed by atoms with E-state index in [1.54, 1.807) is 0 Å². The number of fused-ring (bicyclic) bond motifs is 1. The van der Waals surface area contributed by atoms with Gasteiger partial charge in [-0.25, -0.2) is 4.52 Å². The van der Waals surface area contributed by atoms with Crippen LogP contribution < -0.4 is 5.32 Å². The molecule has 1 saturated heterocycles. The Morgan fingerprint density at radius 2 is 2.39 bits per heavy atom. The van der Waals surface area contributed by atoms with Crippen LogP contribution in [0.5, 0.6) is 0 Å². The van der Waals surface area contributed by atoms with Crippen LogP contribution in [-0.4, -0.2) is 46.2 Å². The van der Waals surface area contributed by atoms with Crippen LogP contribution in [0.25, 0.3) is 5.65 Å². The Morgan fingerprint density at radius 3 is 3.17 bits per heavy atom. The molecule has 5 nitrogen and oxygen atoms in total. The van der Waals surface area contributed by atoms with Gasteiger partial charge in [0.05, 0.1) is 0 Å². The summed E-state index contributed by atoms with van der Waals surface area (Å²) in [5.74, 6) is 1.44. The number of likely N-dealkylation sites (tertiary alicyclic amines) is 1. The third kappa shape index (κ3) is 2.31. The van der Waals surface area contributed by atoms with E-state index in [-0.39, 0.29) is 0 Å². The maximum Gasteiger partial charge on any atom is 0.243 e. The molecule has 96 valence electrons. The number of nitrogens with one attached hydrogen (secondary N) is 1. The lowest BCUT2D eigenvalue weighted by Crippen LogP contribution is -2.19. The number of rotatable bonds is 3. The molecule has 0 radical (unpaired) electrons. The van der Waals surface area contributed by atoms with Crippen molar-refractivity contribution in [2.45, 2.75) is 13.3 Å². The lowest BCUT2D eigenvalue weighted by Gasteiger charge is -2.09. The molecule has 0 bridgehead atoms. The van der Waals surface area contributed by atoms with Crippen molar-refractivity contribution in [3.63, 3.8) is 0 Å². The van der Waals surface area contributed by atoms with Crippen LogP contribution in [0.1, 0.15) is 12.0 Å². The molecule has 5 heteroatoms. The van der Waals surface area contributed by atoms with Crippen molar-refractivity contribution in [3.8, 4) is 0 Å². The van der Waals surface area contributed by atoms with Crippen molar-refractivity contribution in [1.82, 2.24) is 19.5 Å². The molecular weight excluding hydrogens is 226 g/mol. The quantitative estimate of drug-likeness (QED) is 0.888. The third-order valence-electron chi connectivity index (χ3n) is 3.53. The number of pyridine rings is 1. The van der Waals surface area contributed by atoms with Crippen LogP contribution in [-0.2, 0) is 0 Å². The summed E-state index contributed by atoms with van der Waals surface area (Å²) in [6.45, 7) is 5.39. The fraction of sp³-hybridized carbons (Fsp3) is 0.538. The van der Waals surface area contributed by atoms with Crippen LogP contribution in [0.2, 0.25) is 0 Å².